The highest BCUT2D eigenvalue weighted by molar-refractivity contribution is 5.94. The van der Waals surface area contributed by atoms with E-state index in [1.54, 1.807) is 4.68 Å². The Bertz CT molecular complexity index is 596. The highest BCUT2D eigenvalue weighted by Gasteiger charge is 2.17. The maximum absolute atomic E-state index is 11.2. The van der Waals surface area contributed by atoms with Crippen molar-refractivity contribution in [1.29, 1.82) is 5.26 Å². The van der Waals surface area contributed by atoms with E-state index in [2.05, 4.69) is 5.10 Å². The molecule has 1 aromatic heterocycles. The molecule has 90 valence electrons. The number of hydrogen-bond acceptors (Lipinski definition) is 3. The summed E-state index contributed by atoms with van der Waals surface area (Å²) in [6.45, 7) is 0.383. The number of aryl methyl sites for hydroxylation is 1. The van der Waals surface area contributed by atoms with E-state index < -0.39 is 5.97 Å². The molecule has 0 atom stereocenters. The summed E-state index contributed by atoms with van der Waals surface area (Å²) in [5.74, 6) is -1.02. The molecule has 0 unspecified atom stereocenters. The summed E-state index contributed by atoms with van der Waals surface area (Å²) in [5.41, 5.74) is 1.47. The number of nitrogens with zero attached hydrogens (tertiary/aromatic N) is 3. The quantitative estimate of drug-likeness (QED) is 0.889. The fraction of sp³-hybridized carbons (Fsp3) is 0.154. The van der Waals surface area contributed by atoms with Gasteiger partial charge in [0.15, 0.2) is 0 Å². The van der Waals surface area contributed by atoms with Gasteiger partial charge in [-0.3, -0.25) is 4.68 Å². The molecule has 1 heterocycles. The number of hydrogen-bond donors (Lipinski definition) is 1. The summed E-state index contributed by atoms with van der Waals surface area (Å²) in [4.78, 5) is 11.2. The number of carboxylic acids is 1. The number of carboxylic acid groups (broad SMARTS) is 1. The van der Waals surface area contributed by atoms with Crippen molar-refractivity contribution >= 4 is 5.97 Å². The third kappa shape index (κ3) is 2.23. The van der Waals surface area contributed by atoms with Gasteiger partial charge in [0.25, 0.3) is 0 Å². The molecule has 2 aromatic rings. The van der Waals surface area contributed by atoms with E-state index >= 15 is 0 Å². The Morgan fingerprint density at radius 3 is 2.72 bits per heavy atom. The van der Waals surface area contributed by atoms with Gasteiger partial charge in [-0.25, -0.2) is 4.79 Å². The molecule has 1 N–H and O–H groups in total. The molecule has 1 aromatic carbocycles. The summed E-state index contributed by atoms with van der Waals surface area (Å²) in [6.07, 6.45) is 1.61. The first-order valence-electron chi connectivity index (χ1n) is 5.45. The maximum Gasteiger partial charge on any atom is 0.339 e. The zero-order valence-corrected chi connectivity index (χ0v) is 9.58. The van der Waals surface area contributed by atoms with Crippen molar-refractivity contribution < 1.29 is 9.90 Å². The Kier molecular flexibility index (Phi) is 3.39. The van der Waals surface area contributed by atoms with Crippen LogP contribution in [0.25, 0.3) is 11.3 Å². The van der Waals surface area contributed by atoms with Gasteiger partial charge in [0.2, 0.25) is 0 Å². The van der Waals surface area contributed by atoms with Gasteiger partial charge < -0.3 is 5.11 Å². The maximum atomic E-state index is 11.2. The zero-order chi connectivity index (χ0) is 13.0. The van der Waals surface area contributed by atoms with Crippen molar-refractivity contribution in [3.8, 4) is 17.3 Å². The van der Waals surface area contributed by atoms with Crippen molar-refractivity contribution in [2.24, 2.45) is 0 Å². The predicted octanol–water partition coefficient (Wildman–Crippen LogP) is 2.16. The Balaban J connectivity index is 2.51. The van der Waals surface area contributed by atoms with Crippen molar-refractivity contribution in [1.82, 2.24) is 9.78 Å². The van der Waals surface area contributed by atoms with E-state index in [4.69, 9.17) is 10.4 Å². The molecule has 0 saturated carbocycles. The Labute approximate surface area is 104 Å². The van der Waals surface area contributed by atoms with E-state index in [9.17, 15) is 4.79 Å². The molecule has 0 bridgehead atoms. The number of rotatable bonds is 4. The van der Waals surface area contributed by atoms with Crippen LogP contribution in [0.4, 0.5) is 0 Å². The van der Waals surface area contributed by atoms with Crippen molar-refractivity contribution in [3.05, 3.63) is 42.1 Å². The molecule has 0 radical (unpaired) electrons. The third-order valence-electron chi connectivity index (χ3n) is 2.55. The first-order chi connectivity index (χ1) is 8.74. The molecule has 5 nitrogen and oxygen atoms in total. The van der Waals surface area contributed by atoms with Crippen molar-refractivity contribution in [2.75, 3.05) is 0 Å². The average Bonchev–Trinajstić information content (AvgIpc) is 2.81. The van der Waals surface area contributed by atoms with E-state index in [0.717, 1.165) is 5.56 Å². The molecule has 0 spiro atoms. The number of benzene rings is 1. The molecule has 2 rings (SSSR count). The summed E-state index contributed by atoms with van der Waals surface area (Å²) < 4.78 is 1.56. The van der Waals surface area contributed by atoms with Crippen LogP contribution in [-0.4, -0.2) is 20.9 Å². The highest BCUT2D eigenvalue weighted by atomic mass is 16.4. The van der Waals surface area contributed by atoms with E-state index in [1.165, 1.54) is 6.20 Å². The zero-order valence-electron chi connectivity index (χ0n) is 9.58. The average molecular weight is 241 g/mol. The van der Waals surface area contributed by atoms with Crippen LogP contribution in [0.1, 0.15) is 16.8 Å². The van der Waals surface area contributed by atoms with Crippen LogP contribution in [0.3, 0.4) is 0 Å². The monoisotopic (exact) mass is 241 g/mol. The molecule has 0 amide bonds. The number of carbonyl (C=O) groups is 1. The SMILES string of the molecule is N#CCCn1ncc(C(=O)O)c1-c1ccccc1. The summed E-state index contributed by atoms with van der Waals surface area (Å²) >= 11 is 0. The van der Waals surface area contributed by atoms with Gasteiger partial charge in [0.05, 0.1) is 30.9 Å². The summed E-state index contributed by atoms with van der Waals surface area (Å²) in [7, 11) is 0. The normalized spacial score (nSPS) is 9.94. The Hall–Kier alpha value is -2.61. The lowest BCUT2D eigenvalue weighted by molar-refractivity contribution is 0.0697. The van der Waals surface area contributed by atoms with E-state index in [1.807, 2.05) is 36.4 Å². The highest BCUT2D eigenvalue weighted by Crippen LogP contribution is 2.23. The lowest BCUT2D eigenvalue weighted by atomic mass is 10.1. The third-order valence-corrected chi connectivity index (χ3v) is 2.55. The van der Waals surface area contributed by atoms with Gasteiger partial charge >= 0.3 is 5.97 Å². The smallest absolute Gasteiger partial charge is 0.339 e. The fourth-order valence-corrected chi connectivity index (χ4v) is 1.77. The molecule has 0 fully saturated rings. The molecular formula is C13H11N3O2. The first kappa shape index (κ1) is 11.9. The van der Waals surface area contributed by atoms with Crippen molar-refractivity contribution in [3.63, 3.8) is 0 Å². The van der Waals surface area contributed by atoms with Gasteiger partial charge in [-0.1, -0.05) is 30.3 Å². The lowest BCUT2D eigenvalue weighted by Gasteiger charge is -2.06. The minimum Gasteiger partial charge on any atom is -0.478 e. The molecule has 0 aliphatic rings. The molecular weight excluding hydrogens is 230 g/mol. The summed E-state index contributed by atoms with van der Waals surface area (Å²) in [6, 6.07) is 11.2. The van der Waals surface area contributed by atoms with Crippen LogP contribution in [0, 0.1) is 11.3 Å². The second-order valence-electron chi connectivity index (χ2n) is 3.71. The van der Waals surface area contributed by atoms with Gasteiger partial charge in [0, 0.05) is 5.56 Å². The van der Waals surface area contributed by atoms with Crippen LogP contribution < -0.4 is 0 Å². The Morgan fingerprint density at radius 1 is 1.39 bits per heavy atom. The lowest BCUT2D eigenvalue weighted by Crippen LogP contribution is -2.04. The number of nitriles is 1. The topological polar surface area (TPSA) is 78.9 Å². The van der Waals surface area contributed by atoms with Gasteiger partial charge in [-0.2, -0.15) is 10.4 Å². The molecule has 0 aliphatic heterocycles. The van der Waals surface area contributed by atoms with Crippen LogP contribution in [0.15, 0.2) is 36.5 Å². The molecule has 0 aliphatic carbocycles. The number of aromatic carboxylic acids is 1. The van der Waals surface area contributed by atoms with Gasteiger partial charge in [0.1, 0.15) is 5.56 Å². The minimum atomic E-state index is -1.02. The molecule has 0 saturated heterocycles. The fourth-order valence-electron chi connectivity index (χ4n) is 1.77. The Morgan fingerprint density at radius 2 is 2.11 bits per heavy atom. The van der Waals surface area contributed by atoms with Gasteiger partial charge in [-0.15, -0.1) is 0 Å². The molecule has 18 heavy (non-hydrogen) atoms. The largest absolute Gasteiger partial charge is 0.478 e. The number of aromatic nitrogens is 2. The standard InChI is InChI=1S/C13H11N3O2/c14-7-4-8-16-12(10-5-2-1-3-6-10)11(9-15-16)13(17)18/h1-3,5-6,9H,4,8H2,(H,17,18). The van der Waals surface area contributed by atoms with Crippen LogP contribution in [0.2, 0.25) is 0 Å². The van der Waals surface area contributed by atoms with Crippen LogP contribution in [0.5, 0.6) is 0 Å². The molecule has 5 heteroatoms. The second-order valence-corrected chi connectivity index (χ2v) is 3.71. The van der Waals surface area contributed by atoms with Crippen LogP contribution in [-0.2, 0) is 6.54 Å². The minimum absolute atomic E-state index is 0.152. The van der Waals surface area contributed by atoms with Crippen molar-refractivity contribution in [2.45, 2.75) is 13.0 Å². The van der Waals surface area contributed by atoms with Crippen LogP contribution >= 0.6 is 0 Å². The summed E-state index contributed by atoms with van der Waals surface area (Å²) in [5, 5.41) is 21.8. The van der Waals surface area contributed by atoms with E-state index in [0.29, 0.717) is 18.7 Å². The first-order valence-corrected chi connectivity index (χ1v) is 5.45. The second kappa shape index (κ2) is 5.15. The van der Waals surface area contributed by atoms with Gasteiger partial charge in [-0.05, 0) is 0 Å². The predicted molar refractivity (Wildman–Crippen MR) is 64.9 cm³/mol. The van der Waals surface area contributed by atoms with E-state index in [-0.39, 0.29) is 5.56 Å².